The Kier molecular flexibility index (Phi) is 8.37. The van der Waals surface area contributed by atoms with E-state index in [2.05, 4.69) is 80.9 Å². The van der Waals surface area contributed by atoms with Crippen molar-refractivity contribution in [1.29, 1.82) is 0 Å². The highest BCUT2D eigenvalue weighted by molar-refractivity contribution is 5.37. The molecule has 26 heavy (non-hydrogen) atoms. The monoisotopic (exact) mass is 347 g/mol. The Balaban J connectivity index is 2.08. The molecular formula is C25H33N. The van der Waals surface area contributed by atoms with Gasteiger partial charge in [0.1, 0.15) is 0 Å². The van der Waals surface area contributed by atoms with E-state index < -0.39 is 0 Å². The number of hydrogen-bond acceptors (Lipinski definition) is 1. The predicted octanol–water partition coefficient (Wildman–Crippen LogP) is 6.49. The molecule has 0 radical (unpaired) electrons. The van der Waals surface area contributed by atoms with Gasteiger partial charge in [0.25, 0.3) is 0 Å². The third-order valence-corrected chi connectivity index (χ3v) is 5.19. The fraction of sp³-hybridized carbons (Fsp3) is 0.360. The molecule has 1 aliphatic carbocycles. The molecule has 2 unspecified atom stereocenters. The minimum atomic E-state index is 0.341. The Morgan fingerprint density at radius 2 is 1.88 bits per heavy atom. The third kappa shape index (κ3) is 5.44. The van der Waals surface area contributed by atoms with Gasteiger partial charge in [-0.1, -0.05) is 86.4 Å². The second-order valence-corrected chi connectivity index (χ2v) is 6.90. The summed E-state index contributed by atoms with van der Waals surface area (Å²) in [5.41, 5.74) is 5.49. The fourth-order valence-electron chi connectivity index (χ4n) is 3.78. The maximum atomic E-state index is 4.02. The van der Waals surface area contributed by atoms with Crippen LogP contribution in [-0.4, -0.2) is 12.6 Å². The van der Waals surface area contributed by atoms with Gasteiger partial charge in [0, 0.05) is 12.0 Å². The van der Waals surface area contributed by atoms with Gasteiger partial charge < -0.3 is 5.32 Å². The van der Waals surface area contributed by atoms with E-state index in [0.29, 0.717) is 12.0 Å². The Hall–Kier alpha value is -2.12. The van der Waals surface area contributed by atoms with Crippen molar-refractivity contribution in [2.24, 2.45) is 0 Å². The molecule has 1 N–H and O–H groups in total. The quantitative estimate of drug-likeness (QED) is 0.477. The van der Waals surface area contributed by atoms with Crippen LogP contribution in [0.25, 0.3) is 0 Å². The summed E-state index contributed by atoms with van der Waals surface area (Å²) in [6.07, 6.45) is 15.2. The van der Waals surface area contributed by atoms with Gasteiger partial charge in [0.15, 0.2) is 0 Å². The summed E-state index contributed by atoms with van der Waals surface area (Å²) < 4.78 is 0. The number of hydrogen-bond donors (Lipinski definition) is 1. The van der Waals surface area contributed by atoms with E-state index in [1.807, 2.05) is 12.2 Å². The van der Waals surface area contributed by atoms with Gasteiger partial charge in [0.2, 0.25) is 0 Å². The van der Waals surface area contributed by atoms with Crippen molar-refractivity contribution in [2.75, 3.05) is 6.54 Å². The normalized spacial score (nSPS) is 17.1. The summed E-state index contributed by atoms with van der Waals surface area (Å²) in [4.78, 5) is 0. The third-order valence-electron chi connectivity index (χ3n) is 5.19. The SMILES string of the molecule is C=C/C=C(\C=C)C(CCNC(CC)C1=CCCC=C1C)c1ccccc1. The van der Waals surface area contributed by atoms with Crippen LogP contribution in [0.3, 0.4) is 0 Å². The smallest absolute Gasteiger partial charge is 0.0316 e. The zero-order valence-corrected chi connectivity index (χ0v) is 16.4. The number of rotatable bonds is 10. The fourth-order valence-corrected chi connectivity index (χ4v) is 3.78. The second-order valence-electron chi connectivity index (χ2n) is 6.90. The van der Waals surface area contributed by atoms with Gasteiger partial charge in [-0.15, -0.1) is 0 Å². The first-order chi connectivity index (χ1) is 12.7. The van der Waals surface area contributed by atoms with Crippen molar-refractivity contribution in [3.63, 3.8) is 0 Å². The van der Waals surface area contributed by atoms with E-state index in [0.717, 1.165) is 19.4 Å². The summed E-state index contributed by atoms with van der Waals surface area (Å²) in [5.74, 6) is 0.341. The molecule has 0 saturated heterocycles. The molecule has 0 aromatic heterocycles. The molecule has 1 aromatic rings. The number of nitrogens with one attached hydrogen (secondary N) is 1. The molecule has 0 fully saturated rings. The predicted molar refractivity (Wildman–Crippen MR) is 115 cm³/mol. The molecule has 0 aliphatic heterocycles. The summed E-state index contributed by atoms with van der Waals surface area (Å²) >= 11 is 0. The zero-order valence-electron chi connectivity index (χ0n) is 16.4. The lowest BCUT2D eigenvalue weighted by Gasteiger charge is -2.25. The second kappa shape index (κ2) is 10.8. The van der Waals surface area contributed by atoms with Gasteiger partial charge >= 0.3 is 0 Å². The van der Waals surface area contributed by atoms with Crippen molar-refractivity contribution >= 4 is 0 Å². The molecular weight excluding hydrogens is 314 g/mol. The molecule has 1 aliphatic rings. The largest absolute Gasteiger partial charge is 0.310 e. The minimum absolute atomic E-state index is 0.341. The van der Waals surface area contributed by atoms with E-state index in [9.17, 15) is 0 Å². The molecule has 0 heterocycles. The topological polar surface area (TPSA) is 12.0 Å². The Morgan fingerprint density at radius 3 is 2.50 bits per heavy atom. The molecule has 0 saturated carbocycles. The van der Waals surface area contributed by atoms with Gasteiger partial charge in [0.05, 0.1) is 0 Å². The van der Waals surface area contributed by atoms with Crippen LogP contribution in [0.15, 0.2) is 90.6 Å². The van der Waals surface area contributed by atoms with Gasteiger partial charge in [-0.3, -0.25) is 0 Å². The maximum absolute atomic E-state index is 4.02. The lowest BCUT2D eigenvalue weighted by molar-refractivity contribution is 0.527. The van der Waals surface area contributed by atoms with Crippen LogP contribution >= 0.6 is 0 Å². The Labute approximate surface area is 159 Å². The van der Waals surface area contributed by atoms with E-state index >= 15 is 0 Å². The average molecular weight is 348 g/mol. The Morgan fingerprint density at radius 1 is 1.15 bits per heavy atom. The highest BCUT2D eigenvalue weighted by Gasteiger charge is 2.18. The highest BCUT2D eigenvalue weighted by Crippen LogP contribution is 2.29. The lowest BCUT2D eigenvalue weighted by Crippen LogP contribution is -2.33. The van der Waals surface area contributed by atoms with E-state index in [1.54, 1.807) is 0 Å². The molecule has 1 heteroatoms. The van der Waals surface area contributed by atoms with Gasteiger partial charge in [-0.05, 0) is 55.9 Å². The first-order valence-corrected chi connectivity index (χ1v) is 9.81. The van der Waals surface area contributed by atoms with Crippen molar-refractivity contribution in [2.45, 2.75) is 51.5 Å². The molecule has 1 aromatic carbocycles. The summed E-state index contributed by atoms with van der Waals surface area (Å²) in [6.45, 7) is 13.4. The summed E-state index contributed by atoms with van der Waals surface area (Å²) in [7, 11) is 0. The van der Waals surface area contributed by atoms with Gasteiger partial charge in [-0.2, -0.15) is 0 Å². The lowest BCUT2D eigenvalue weighted by atomic mass is 9.87. The summed E-state index contributed by atoms with van der Waals surface area (Å²) in [6, 6.07) is 11.2. The van der Waals surface area contributed by atoms with Crippen LogP contribution in [-0.2, 0) is 0 Å². The van der Waals surface area contributed by atoms with E-state index in [1.165, 1.54) is 35.1 Å². The molecule has 1 nitrogen and oxygen atoms in total. The first kappa shape index (κ1) is 20.2. The molecule has 0 amide bonds. The van der Waals surface area contributed by atoms with Crippen molar-refractivity contribution in [3.05, 3.63) is 96.2 Å². The molecule has 2 atom stereocenters. The van der Waals surface area contributed by atoms with Crippen LogP contribution in [0.4, 0.5) is 0 Å². The van der Waals surface area contributed by atoms with Gasteiger partial charge in [-0.25, -0.2) is 0 Å². The number of allylic oxidation sites excluding steroid dienone is 6. The first-order valence-electron chi connectivity index (χ1n) is 9.81. The van der Waals surface area contributed by atoms with Crippen LogP contribution in [0.1, 0.15) is 51.0 Å². The molecule has 2 rings (SSSR count). The van der Waals surface area contributed by atoms with Crippen LogP contribution < -0.4 is 5.32 Å². The van der Waals surface area contributed by atoms with Crippen LogP contribution in [0.5, 0.6) is 0 Å². The average Bonchev–Trinajstić information content (AvgIpc) is 2.68. The standard InChI is InChI=1S/C25H33N/c1-5-13-21(6-2)24(22-15-9-8-10-16-22)18-19-26-25(7-3)23-17-12-11-14-20(23)4/h5-6,8-10,13-17,24-26H,1-2,7,11-12,18-19H2,3-4H3/b21-13+. The minimum Gasteiger partial charge on any atom is -0.310 e. The number of benzene rings is 1. The Bertz CT molecular complexity index is 675. The summed E-state index contributed by atoms with van der Waals surface area (Å²) in [5, 5.41) is 3.79. The van der Waals surface area contributed by atoms with Crippen LogP contribution in [0, 0.1) is 0 Å². The van der Waals surface area contributed by atoms with Crippen molar-refractivity contribution in [1.82, 2.24) is 5.32 Å². The van der Waals surface area contributed by atoms with E-state index in [-0.39, 0.29) is 0 Å². The zero-order chi connectivity index (χ0) is 18.8. The molecule has 138 valence electrons. The molecule has 0 spiro atoms. The van der Waals surface area contributed by atoms with Crippen molar-refractivity contribution in [3.8, 4) is 0 Å². The van der Waals surface area contributed by atoms with Crippen molar-refractivity contribution < 1.29 is 0 Å². The van der Waals surface area contributed by atoms with E-state index in [4.69, 9.17) is 0 Å². The maximum Gasteiger partial charge on any atom is 0.0316 e. The highest BCUT2D eigenvalue weighted by atomic mass is 14.9. The van der Waals surface area contributed by atoms with Crippen LogP contribution in [0.2, 0.25) is 0 Å². The molecule has 0 bridgehead atoms.